The molecule has 0 saturated heterocycles. The molecule has 254 valence electrons. The highest BCUT2D eigenvalue weighted by Crippen LogP contribution is 2.17. The van der Waals surface area contributed by atoms with E-state index in [1.165, 1.54) is 27.7 Å². The average molecular weight is 652 g/mol. The number of carboxylic acid groups (broad SMARTS) is 4. The van der Waals surface area contributed by atoms with E-state index in [0.29, 0.717) is 5.56 Å². The largest absolute Gasteiger partial charge is 0.481 e. The van der Waals surface area contributed by atoms with Gasteiger partial charge in [-0.05, 0) is 52.5 Å². The Balaban J connectivity index is 2.76. The second-order valence-electron chi connectivity index (χ2n) is 11.6. The number of hydrogen-bond donors (Lipinski definition) is 7. The Kier molecular flexibility index (Phi) is 15.1. The Labute approximate surface area is 264 Å². The van der Waals surface area contributed by atoms with Gasteiger partial charge < -0.3 is 30.5 Å². The van der Waals surface area contributed by atoms with Crippen LogP contribution in [0.5, 0.6) is 0 Å². The van der Waals surface area contributed by atoms with E-state index in [9.17, 15) is 53.7 Å². The molecule has 16 heteroatoms. The van der Waals surface area contributed by atoms with Crippen LogP contribution in [0.4, 0.5) is 0 Å². The van der Waals surface area contributed by atoms with Gasteiger partial charge in [0.25, 0.3) is 0 Å². The summed E-state index contributed by atoms with van der Waals surface area (Å²) in [6.07, 6.45) is -2.27. The molecule has 0 bridgehead atoms. The SMILES string of the molecule is CC(C)(N[C@@H](CCC(=O)O)C(=O)O)C(=O)CC[C@H](NC(C)(C)C(=O)CC[C@H](NC(=O)C(=O)OCc1ccccc1)C(=O)O)C(=O)O. The van der Waals surface area contributed by atoms with Gasteiger partial charge >= 0.3 is 35.8 Å². The summed E-state index contributed by atoms with van der Waals surface area (Å²) in [6, 6.07) is 4.04. The molecule has 0 unspecified atom stereocenters. The molecule has 0 aliphatic carbocycles. The van der Waals surface area contributed by atoms with Crippen LogP contribution in [0.2, 0.25) is 0 Å². The Morgan fingerprint density at radius 2 is 1.07 bits per heavy atom. The summed E-state index contributed by atoms with van der Waals surface area (Å²) < 4.78 is 4.87. The molecule has 1 amide bonds. The molecule has 0 aliphatic heterocycles. The summed E-state index contributed by atoms with van der Waals surface area (Å²) in [6.45, 7) is 5.25. The number of hydrogen-bond acceptors (Lipinski definition) is 11. The second kappa shape index (κ2) is 17.7. The van der Waals surface area contributed by atoms with Crippen molar-refractivity contribution in [1.82, 2.24) is 16.0 Å². The number of nitrogens with one attached hydrogen (secondary N) is 3. The van der Waals surface area contributed by atoms with Crippen LogP contribution in [0.1, 0.15) is 71.8 Å². The van der Waals surface area contributed by atoms with Crippen LogP contribution in [0.25, 0.3) is 0 Å². The van der Waals surface area contributed by atoms with Gasteiger partial charge in [-0.25, -0.2) is 9.59 Å². The fourth-order valence-corrected chi connectivity index (χ4v) is 4.25. The standard InChI is InChI=1S/C30H41N3O13/c1-29(2,21(34)13-10-18(25(39)40)31-24(38)28(45)46-16-17-8-6-5-7-9-17)32-19(26(41)42)11-14-22(35)30(3,4)33-20(27(43)44)12-15-23(36)37/h5-9,18-20,32-33H,10-16H2,1-4H3,(H,31,38)(H,36,37)(H,39,40)(H,41,42)(H,43,44)/t18-,19-,20-/m0/s1. The summed E-state index contributed by atoms with van der Waals surface area (Å²) in [4.78, 5) is 96.1. The fraction of sp³-hybridized carbons (Fsp3) is 0.533. The number of ether oxygens (including phenoxy) is 1. The zero-order chi connectivity index (χ0) is 35.2. The van der Waals surface area contributed by atoms with Crippen molar-refractivity contribution in [3.8, 4) is 0 Å². The molecule has 0 aromatic heterocycles. The lowest BCUT2D eigenvalue weighted by Crippen LogP contribution is -2.56. The predicted molar refractivity (Wildman–Crippen MR) is 158 cm³/mol. The molecule has 1 rings (SSSR count). The Morgan fingerprint density at radius 3 is 1.48 bits per heavy atom. The van der Waals surface area contributed by atoms with E-state index >= 15 is 0 Å². The maximum Gasteiger partial charge on any atom is 0.397 e. The van der Waals surface area contributed by atoms with Gasteiger partial charge in [0.2, 0.25) is 0 Å². The van der Waals surface area contributed by atoms with Crippen molar-refractivity contribution >= 4 is 47.3 Å². The van der Waals surface area contributed by atoms with Crippen molar-refractivity contribution in [1.29, 1.82) is 0 Å². The first-order valence-corrected chi connectivity index (χ1v) is 14.3. The molecular weight excluding hydrogens is 610 g/mol. The van der Waals surface area contributed by atoms with Crippen LogP contribution in [-0.2, 0) is 49.7 Å². The third-order valence-electron chi connectivity index (χ3n) is 7.03. The molecule has 16 nitrogen and oxygen atoms in total. The van der Waals surface area contributed by atoms with E-state index in [-0.39, 0.29) is 25.9 Å². The maximum atomic E-state index is 13.0. The van der Waals surface area contributed by atoms with Crippen molar-refractivity contribution in [2.45, 2.75) is 102 Å². The second-order valence-corrected chi connectivity index (χ2v) is 11.6. The van der Waals surface area contributed by atoms with E-state index in [1.54, 1.807) is 30.3 Å². The highest BCUT2D eigenvalue weighted by atomic mass is 16.5. The number of Topliss-reactive ketones (excluding diaryl/α,β-unsaturated/α-hetero) is 2. The fourth-order valence-electron chi connectivity index (χ4n) is 4.25. The molecule has 0 aliphatic rings. The highest BCUT2D eigenvalue weighted by molar-refractivity contribution is 6.32. The van der Waals surface area contributed by atoms with Crippen molar-refractivity contribution < 1.29 is 63.5 Å². The van der Waals surface area contributed by atoms with Crippen molar-refractivity contribution in [2.24, 2.45) is 0 Å². The molecule has 0 saturated carbocycles. The molecule has 0 radical (unpaired) electrons. The normalized spacial score (nSPS) is 13.5. The van der Waals surface area contributed by atoms with Gasteiger partial charge in [0, 0.05) is 19.3 Å². The smallest absolute Gasteiger partial charge is 0.397 e. The number of esters is 1. The first-order chi connectivity index (χ1) is 21.3. The third-order valence-corrected chi connectivity index (χ3v) is 7.03. The van der Waals surface area contributed by atoms with Gasteiger partial charge in [-0.2, -0.15) is 0 Å². The van der Waals surface area contributed by atoms with Crippen molar-refractivity contribution in [3.05, 3.63) is 35.9 Å². The van der Waals surface area contributed by atoms with Gasteiger partial charge in [-0.3, -0.25) is 39.4 Å². The van der Waals surface area contributed by atoms with Crippen LogP contribution in [-0.4, -0.2) is 96.9 Å². The minimum Gasteiger partial charge on any atom is -0.481 e. The monoisotopic (exact) mass is 651 g/mol. The van der Waals surface area contributed by atoms with E-state index in [2.05, 4.69) is 10.6 Å². The Bertz CT molecular complexity index is 1290. The maximum absolute atomic E-state index is 13.0. The van der Waals surface area contributed by atoms with E-state index in [4.69, 9.17) is 9.84 Å². The number of carbonyl (C=O) groups excluding carboxylic acids is 4. The summed E-state index contributed by atoms with van der Waals surface area (Å²) in [5, 5.41) is 44.7. The summed E-state index contributed by atoms with van der Waals surface area (Å²) in [5.74, 6) is -9.32. The lowest BCUT2D eigenvalue weighted by atomic mass is 9.90. The molecule has 0 spiro atoms. The lowest BCUT2D eigenvalue weighted by Gasteiger charge is -2.31. The van der Waals surface area contributed by atoms with Gasteiger partial charge in [0.05, 0.1) is 11.1 Å². The number of rotatable bonds is 21. The minimum absolute atomic E-state index is 0.219. The van der Waals surface area contributed by atoms with Crippen LogP contribution in [0.3, 0.4) is 0 Å². The Hall–Kier alpha value is -4.70. The first-order valence-electron chi connectivity index (χ1n) is 14.3. The molecule has 7 N–H and O–H groups in total. The third kappa shape index (κ3) is 13.5. The molecule has 0 fully saturated rings. The number of carboxylic acids is 4. The molecule has 0 heterocycles. The summed E-state index contributed by atoms with van der Waals surface area (Å²) in [5.41, 5.74) is -2.39. The highest BCUT2D eigenvalue weighted by Gasteiger charge is 2.37. The Morgan fingerprint density at radius 1 is 0.652 bits per heavy atom. The zero-order valence-corrected chi connectivity index (χ0v) is 26.0. The number of benzene rings is 1. The van der Waals surface area contributed by atoms with Crippen molar-refractivity contribution in [3.63, 3.8) is 0 Å². The molecule has 1 aromatic rings. The topological polar surface area (TPSA) is 263 Å². The average Bonchev–Trinajstić information content (AvgIpc) is 2.97. The number of amides is 1. The first kappa shape index (κ1) is 39.3. The van der Waals surface area contributed by atoms with Gasteiger partial charge in [0.1, 0.15) is 24.7 Å². The molecule has 3 atom stereocenters. The van der Waals surface area contributed by atoms with Gasteiger partial charge in [-0.15, -0.1) is 0 Å². The molecule has 46 heavy (non-hydrogen) atoms. The quantitative estimate of drug-likeness (QED) is 0.0705. The minimum atomic E-state index is -1.63. The summed E-state index contributed by atoms with van der Waals surface area (Å²) in [7, 11) is 0. The lowest BCUT2D eigenvalue weighted by molar-refractivity contribution is -0.157. The summed E-state index contributed by atoms with van der Waals surface area (Å²) >= 11 is 0. The zero-order valence-electron chi connectivity index (χ0n) is 26.0. The van der Waals surface area contributed by atoms with E-state index in [1.807, 2.05) is 5.32 Å². The number of ketones is 2. The van der Waals surface area contributed by atoms with E-state index in [0.717, 1.165) is 0 Å². The van der Waals surface area contributed by atoms with Gasteiger partial charge in [0.15, 0.2) is 11.6 Å². The van der Waals surface area contributed by atoms with E-state index < -0.39 is 95.8 Å². The van der Waals surface area contributed by atoms with Gasteiger partial charge in [-0.1, -0.05) is 30.3 Å². The van der Waals surface area contributed by atoms with Crippen LogP contribution in [0.15, 0.2) is 30.3 Å². The van der Waals surface area contributed by atoms with Crippen molar-refractivity contribution in [2.75, 3.05) is 0 Å². The predicted octanol–water partition coefficient (Wildman–Crippen LogP) is 0.505. The van der Waals surface area contributed by atoms with Crippen LogP contribution < -0.4 is 16.0 Å². The van der Waals surface area contributed by atoms with Crippen LogP contribution >= 0.6 is 0 Å². The number of aliphatic carboxylic acids is 4. The molecular formula is C30H41N3O13. The van der Waals surface area contributed by atoms with Crippen LogP contribution in [0, 0.1) is 0 Å². The molecule has 1 aromatic carbocycles. The number of carbonyl (C=O) groups is 8.